The summed E-state index contributed by atoms with van der Waals surface area (Å²) in [6, 6.07) is 13.1. The third-order valence-electron chi connectivity index (χ3n) is 3.52. The lowest BCUT2D eigenvalue weighted by atomic mass is 10.1. The minimum atomic E-state index is -0.603. The zero-order chi connectivity index (χ0) is 20.7. The van der Waals surface area contributed by atoms with E-state index in [4.69, 9.17) is 21.2 Å². The molecule has 0 saturated carbocycles. The van der Waals surface area contributed by atoms with Gasteiger partial charge in [-0.1, -0.05) is 35.0 Å². The molecule has 0 aromatic heterocycles. The summed E-state index contributed by atoms with van der Waals surface area (Å²) in [6.07, 6.45) is 0. The Morgan fingerprint density at radius 1 is 1.32 bits per heavy atom. The smallest absolute Gasteiger partial charge is 0.275 e. The van der Waals surface area contributed by atoms with E-state index in [0.29, 0.717) is 5.71 Å². The number of nitrogens with two attached hydrogens (primary N) is 1. The van der Waals surface area contributed by atoms with Gasteiger partial charge in [0.2, 0.25) is 5.71 Å². The first-order valence-corrected chi connectivity index (χ1v) is 7.96. The second-order valence-electron chi connectivity index (χ2n) is 5.70. The molecule has 0 spiro atoms. The van der Waals surface area contributed by atoms with Crippen LogP contribution >= 0.6 is 0 Å². The zero-order valence-electron chi connectivity index (χ0n) is 15.1. The van der Waals surface area contributed by atoms with Crippen molar-refractivity contribution >= 4 is 28.6 Å². The zero-order valence-corrected chi connectivity index (χ0v) is 15.1. The van der Waals surface area contributed by atoms with Crippen molar-refractivity contribution in [2.75, 3.05) is 5.43 Å². The van der Waals surface area contributed by atoms with E-state index in [1.807, 2.05) is 31.2 Å². The highest BCUT2D eigenvalue weighted by molar-refractivity contribution is 6.45. The van der Waals surface area contributed by atoms with Crippen molar-refractivity contribution in [3.63, 3.8) is 0 Å². The Morgan fingerprint density at radius 3 is 2.57 bits per heavy atom. The van der Waals surface area contributed by atoms with Gasteiger partial charge in [-0.3, -0.25) is 20.9 Å². The standard InChI is InChI=1S/C18H17N7O3/c1-11-3-5-13(6-4-11)12(2)24-28-16-8-14(7-15(9-16)25(26)27)22-23-17(10-19)18(20)21/h3-9,22H,1-2H3,(H3,20,21)/b23-17+,24-12?. The third kappa shape index (κ3) is 5.37. The third-order valence-corrected chi connectivity index (χ3v) is 3.52. The molecule has 142 valence electrons. The van der Waals surface area contributed by atoms with Gasteiger partial charge < -0.3 is 10.6 Å². The Hall–Kier alpha value is -4.26. The fourth-order valence-corrected chi connectivity index (χ4v) is 2.04. The number of amidine groups is 1. The molecule has 0 fully saturated rings. The van der Waals surface area contributed by atoms with E-state index in [9.17, 15) is 10.1 Å². The topological polar surface area (TPSA) is 163 Å². The summed E-state index contributed by atoms with van der Waals surface area (Å²) in [5.41, 5.74) is 9.74. The van der Waals surface area contributed by atoms with Crippen molar-refractivity contribution in [1.82, 2.24) is 0 Å². The molecule has 0 radical (unpaired) electrons. The molecule has 0 aliphatic carbocycles. The lowest BCUT2D eigenvalue weighted by molar-refractivity contribution is -0.384. The van der Waals surface area contributed by atoms with Gasteiger partial charge >= 0.3 is 0 Å². The average Bonchev–Trinajstić information content (AvgIpc) is 2.66. The molecule has 10 nitrogen and oxygen atoms in total. The summed E-state index contributed by atoms with van der Waals surface area (Å²) in [5.74, 6) is -0.435. The summed E-state index contributed by atoms with van der Waals surface area (Å²) in [6.45, 7) is 3.72. The number of nitriles is 1. The van der Waals surface area contributed by atoms with Crippen LogP contribution in [-0.2, 0) is 0 Å². The van der Waals surface area contributed by atoms with Crippen LogP contribution in [0, 0.1) is 33.8 Å². The summed E-state index contributed by atoms with van der Waals surface area (Å²) in [4.78, 5) is 15.9. The van der Waals surface area contributed by atoms with E-state index in [1.54, 1.807) is 13.0 Å². The number of nitro groups is 1. The molecule has 0 atom stereocenters. The van der Waals surface area contributed by atoms with Crippen molar-refractivity contribution in [3.05, 3.63) is 63.7 Å². The Morgan fingerprint density at radius 2 is 2.00 bits per heavy atom. The van der Waals surface area contributed by atoms with Gasteiger partial charge in [-0.05, 0) is 19.4 Å². The van der Waals surface area contributed by atoms with Crippen molar-refractivity contribution in [3.8, 4) is 11.8 Å². The quantitative estimate of drug-likeness (QED) is 0.290. The highest BCUT2D eigenvalue weighted by atomic mass is 16.6. The van der Waals surface area contributed by atoms with Gasteiger partial charge in [0.25, 0.3) is 5.69 Å². The van der Waals surface area contributed by atoms with Crippen molar-refractivity contribution < 1.29 is 9.76 Å². The van der Waals surface area contributed by atoms with E-state index in [2.05, 4.69) is 15.7 Å². The van der Waals surface area contributed by atoms with Crippen molar-refractivity contribution in [2.24, 2.45) is 16.0 Å². The molecule has 0 heterocycles. The second kappa shape index (κ2) is 8.91. The molecule has 0 amide bonds. The maximum absolute atomic E-state index is 11.1. The Bertz CT molecular complexity index is 1000. The molecule has 0 bridgehead atoms. The number of oxime groups is 1. The van der Waals surface area contributed by atoms with Crippen LogP contribution < -0.4 is 16.0 Å². The SMILES string of the molecule is CC(=NOc1cc(N/N=C(\C#N)C(=N)N)cc([N+](=O)[O-])c1)c1ccc(C)cc1. The molecule has 2 aromatic rings. The average molecular weight is 379 g/mol. The molecule has 28 heavy (non-hydrogen) atoms. The van der Waals surface area contributed by atoms with E-state index in [-0.39, 0.29) is 22.8 Å². The molecular weight excluding hydrogens is 362 g/mol. The second-order valence-corrected chi connectivity index (χ2v) is 5.70. The van der Waals surface area contributed by atoms with Crippen LogP contribution in [0.25, 0.3) is 0 Å². The summed E-state index contributed by atoms with van der Waals surface area (Å²) in [7, 11) is 0. The van der Waals surface area contributed by atoms with Crippen LogP contribution in [0.3, 0.4) is 0 Å². The minimum Gasteiger partial charge on any atom is -0.382 e. The Labute approximate surface area is 160 Å². The molecule has 4 N–H and O–H groups in total. The van der Waals surface area contributed by atoms with Crippen LogP contribution in [0.2, 0.25) is 0 Å². The first kappa shape index (κ1) is 20.1. The monoisotopic (exact) mass is 379 g/mol. The van der Waals surface area contributed by atoms with Crippen LogP contribution in [-0.4, -0.2) is 22.2 Å². The maximum Gasteiger partial charge on any atom is 0.275 e. The lowest BCUT2D eigenvalue weighted by Crippen LogP contribution is -2.21. The van der Waals surface area contributed by atoms with Gasteiger partial charge in [-0.2, -0.15) is 10.4 Å². The number of aryl methyl sites for hydroxylation is 1. The molecular formula is C18H17N7O3. The molecule has 2 rings (SSSR count). The number of rotatable bonds is 7. The number of hydrogen-bond acceptors (Lipinski definition) is 8. The van der Waals surface area contributed by atoms with Gasteiger partial charge in [0.15, 0.2) is 11.6 Å². The van der Waals surface area contributed by atoms with E-state index in [1.165, 1.54) is 18.2 Å². The van der Waals surface area contributed by atoms with E-state index >= 15 is 0 Å². The summed E-state index contributed by atoms with van der Waals surface area (Å²) < 4.78 is 0. The molecule has 10 heteroatoms. The molecule has 0 aliphatic rings. The fourth-order valence-electron chi connectivity index (χ4n) is 2.04. The number of nitrogens with one attached hydrogen (secondary N) is 2. The van der Waals surface area contributed by atoms with Gasteiger partial charge in [0.05, 0.1) is 22.4 Å². The number of benzene rings is 2. The molecule has 0 aliphatic heterocycles. The summed E-state index contributed by atoms with van der Waals surface area (Å²) >= 11 is 0. The Balaban J connectivity index is 2.28. The number of nitrogens with zero attached hydrogens (tertiary/aromatic N) is 4. The van der Waals surface area contributed by atoms with Crippen LogP contribution in [0.4, 0.5) is 11.4 Å². The number of nitro benzene ring substituents is 1. The molecule has 0 unspecified atom stereocenters. The van der Waals surface area contributed by atoms with Gasteiger partial charge in [-0.15, -0.1) is 0 Å². The summed E-state index contributed by atoms with van der Waals surface area (Å²) in [5, 5.41) is 34.9. The van der Waals surface area contributed by atoms with E-state index in [0.717, 1.165) is 11.1 Å². The number of anilines is 1. The fraction of sp³-hybridized carbons (Fsp3) is 0.111. The maximum atomic E-state index is 11.1. The van der Waals surface area contributed by atoms with Crippen LogP contribution in [0.15, 0.2) is 52.7 Å². The first-order chi connectivity index (χ1) is 13.3. The molecule has 2 aromatic carbocycles. The van der Waals surface area contributed by atoms with Gasteiger partial charge in [0.1, 0.15) is 6.07 Å². The first-order valence-electron chi connectivity index (χ1n) is 7.96. The minimum absolute atomic E-state index is 0.0969. The Kier molecular flexibility index (Phi) is 6.38. The van der Waals surface area contributed by atoms with Crippen molar-refractivity contribution in [1.29, 1.82) is 10.7 Å². The highest BCUT2D eigenvalue weighted by Crippen LogP contribution is 2.26. The van der Waals surface area contributed by atoms with E-state index < -0.39 is 10.8 Å². The largest absolute Gasteiger partial charge is 0.382 e. The van der Waals surface area contributed by atoms with Gasteiger partial charge in [0, 0.05) is 12.1 Å². The predicted octanol–water partition coefficient (Wildman–Crippen LogP) is 2.93. The van der Waals surface area contributed by atoms with Crippen LogP contribution in [0.1, 0.15) is 18.1 Å². The number of hydrazone groups is 1. The van der Waals surface area contributed by atoms with Crippen molar-refractivity contribution in [2.45, 2.75) is 13.8 Å². The number of hydrogen-bond donors (Lipinski definition) is 3. The lowest BCUT2D eigenvalue weighted by Gasteiger charge is -2.06. The normalized spacial score (nSPS) is 11.5. The highest BCUT2D eigenvalue weighted by Gasteiger charge is 2.12. The van der Waals surface area contributed by atoms with Gasteiger partial charge in [-0.25, -0.2) is 0 Å². The molecule has 0 saturated heterocycles. The predicted molar refractivity (Wildman–Crippen MR) is 106 cm³/mol. The number of non-ortho nitro benzene ring substituents is 1. The van der Waals surface area contributed by atoms with Crippen LogP contribution in [0.5, 0.6) is 5.75 Å².